The van der Waals surface area contributed by atoms with Gasteiger partial charge in [0.15, 0.2) is 0 Å². The Morgan fingerprint density at radius 2 is 1.94 bits per heavy atom. The van der Waals surface area contributed by atoms with Gasteiger partial charge in [0.25, 0.3) is 0 Å². The van der Waals surface area contributed by atoms with E-state index in [9.17, 15) is 18.3 Å². The van der Waals surface area contributed by atoms with Gasteiger partial charge in [-0.1, -0.05) is 50.3 Å². The number of aliphatic hydroxyl groups is 1. The second-order valence-corrected chi connectivity index (χ2v) is 12.5. The summed E-state index contributed by atoms with van der Waals surface area (Å²) in [5, 5.41) is 11.4. The first-order valence-electron chi connectivity index (χ1n) is 12.0. The predicted octanol–water partition coefficient (Wildman–Crippen LogP) is 6.16. The Balaban J connectivity index is 1.77. The van der Waals surface area contributed by atoms with Crippen molar-refractivity contribution in [3.8, 4) is 0 Å². The van der Waals surface area contributed by atoms with Gasteiger partial charge in [-0.15, -0.1) is 0 Å². The molecule has 5 nitrogen and oxygen atoms in total. The molecule has 4 atom stereocenters. The molecule has 3 unspecified atom stereocenters. The van der Waals surface area contributed by atoms with Gasteiger partial charge in [-0.3, -0.25) is 9.97 Å². The Morgan fingerprint density at radius 1 is 1.20 bits per heavy atom. The van der Waals surface area contributed by atoms with Gasteiger partial charge in [0.05, 0.1) is 27.9 Å². The quantitative estimate of drug-likeness (QED) is 0.330. The maximum atomic E-state index is 13.2. The van der Waals surface area contributed by atoms with E-state index >= 15 is 0 Å². The number of pyridine rings is 2. The van der Waals surface area contributed by atoms with E-state index in [1.165, 1.54) is 6.07 Å². The summed E-state index contributed by atoms with van der Waals surface area (Å²) in [6.45, 7) is 9.39. The molecule has 1 saturated heterocycles. The average molecular weight is 602 g/mol. The van der Waals surface area contributed by atoms with Crippen molar-refractivity contribution in [2.75, 3.05) is 13.2 Å². The molecule has 0 bridgehead atoms. The molecule has 2 aliphatic heterocycles. The molecule has 0 amide bonds. The summed E-state index contributed by atoms with van der Waals surface area (Å²) in [5.74, 6) is 0.0550. The number of fused-ring (bicyclic) bond motifs is 4. The molecule has 4 heterocycles. The third-order valence-corrected chi connectivity index (χ3v) is 8.80. The molecule has 1 aliphatic carbocycles. The number of hydrogen-bond acceptors (Lipinski definition) is 5. The lowest BCUT2D eigenvalue weighted by Crippen LogP contribution is -2.45. The van der Waals surface area contributed by atoms with Crippen molar-refractivity contribution in [2.45, 2.75) is 80.8 Å². The molecule has 1 fully saturated rings. The van der Waals surface area contributed by atoms with E-state index in [1.807, 2.05) is 0 Å². The van der Waals surface area contributed by atoms with Crippen LogP contribution in [-0.2, 0) is 27.7 Å². The van der Waals surface area contributed by atoms with Gasteiger partial charge in [-0.05, 0) is 36.3 Å². The standard InChI is InChI=1S/C26H30F3IN2O3/c1-13(2)22-20-21(19-16(32-22)9-24(3,4)10-17(19)33)25(7-8-34-12-18(25)30)35-23(20)15-6-5-14(11-31-15)26(27,28)29/h5-6,11,13,17-18,23,33H,7-10,12H2,1-4H3/t17?,18?,23-,25?/m1/s1. The van der Waals surface area contributed by atoms with Crippen LogP contribution >= 0.6 is 22.6 Å². The molecular formula is C26H30F3IN2O3. The highest BCUT2D eigenvalue weighted by atomic mass is 127. The van der Waals surface area contributed by atoms with Crippen molar-refractivity contribution in [3.05, 3.63) is 57.7 Å². The third-order valence-electron chi connectivity index (χ3n) is 7.44. The number of alkyl halides is 4. The summed E-state index contributed by atoms with van der Waals surface area (Å²) in [7, 11) is 0. The summed E-state index contributed by atoms with van der Waals surface area (Å²) in [6, 6.07) is 2.46. The molecule has 0 radical (unpaired) electrons. The van der Waals surface area contributed by atoms with Gasteiger partial charge < -0.3 is 14.6 Å². The van der Waals surface area contributed by atoms with Gasteiger partial charge >= 0.3 is 6.18 Å². The highest BCUT2D eigenvalue weighted by molar-refractivity contribution is 14.1. The number of rotatable bonds is 2. The molecule has 3 aliphatic rings. The van der Waals surface area contributed by atoms with Crippen LogP contribution in [0.3, 0.4) is 0 Å². The van der Waals surface area contributed by atoms with Crippen molar-refractivity contribution in [1.82, 2.24) is 9.97 Å². The Kier molecular flexibility index (Phi) is 6.25. The average Bonchev–Trinajstić information content (AvgIpc) is 3.09. The topological polar surface area (TPSA) is 64.5 Å². The fourth-order valence-corrected chi connectivity index (χ4v) is 6.89. The number of hydrogen-bond donors (Lipinski definition) is 1. The van der Waals surface area contributed by atoms with Crippen molar-refractivity contribution in [1.29, 1.82) is 0 Å². The molecule has 2 aromatic heterocycles. The number of aromatic nitrogens is 2. The Morgan fingerprint density at radius 3 is 2.54 bits per heavy atom. The molecule has 2 aromatic rings. The zero-order chi connectivity index (χ0) is 25.3. The van der Waals surface area contributed by atoms with Crippen LogP contribution in [0.15, 0.2) is 18.3 Å². The molecule has 190 valence electrons. The molecule has 0 aromatic carbocycles. The van der Waals surface area contributed by atoms with Crippen LogP contribution in [-0.4, -0.2) is 32.2 Å². The minimum Gasteiger partial charge on any atom is -0.388 e. The maximum Gasteiger partial charge on any atom is 0.417 e. The van der Waals surface area contributed by atoms with Crippen LogP contribution in [0.1, 0.15) is 98.0 Å². The van der Waals surface area contributed by atoms with Crippen molar-refractivity contribution in [3.63, 3.8) is 0 Å². The zero-order valence-corrected chi connectivity index (χ0v) is 22.4. The fraction of sp³-hybridized carbons (Fsp3) is 0.615. The van der Waals surface area contributed by atoms with Gasteiger partial charge in [0, 0.05) is 47.3 Å². The monoisotopic (exact) mass is 602 g/mol. The smallest absolute Gasteiger partial charge is 0.388 e. The van der Waals surface area contributed by atoms with E-state index in [0.29, 0.717) is 31.7 Å². The molecule has 0 saturated carbocycles. The van der Waals surface area contributed by atoms with Crippen molar-refractivity contribution >= 4 is 22.6 Å². The fourth-order valence-electron chi connectivity index (χ4n) is 5.87. The minimum atomic E-state index is -4.46. The SMILES string of the molecule is CC(C)c1nc2c(c3c1[C@@H](c1ccc(C(F)(F)F)cn1)OC31CCOCC1I)C(O)CC(C)(C)C2. The third kappa shape index (κ3) is 4.20. The predicted molar refractivity (Wildman–Crippen MR) is 132 cm³/mol. The second-order valence-electron chi connectivity index (χ2n) is 11.0. The lowest BCUT2D eigenvalue weighted by molar-refractivity contribution is -0.138. The van der Waals surface area contributed by atoms with Gasteiger partial charge in [-0.2, -0.15) is 13.2 Å². The lowest BCUT2D eigenvalue weighted by atomic mass is 9.70. The van der Waals surface area contributed by atoms with Crippen molar-refractivity contribution in [2.24, 2.45) is 5.41 Å². The molecule has 35 heavy (non-hydrogen) atoms. The molecule has 1 spiro atoms. The first-order valence-corrected chi connectivity index (χ1v) is 13.3. The first kappa shape index (κ1) is 25.4. The normalized spacial score (nSPS) is 29.9. The molecule has 1 N–H and O–H groups in total. The van der Waals surface area contributed by atoms with E-state index < -0.39 is 29.5 Å². The van der Waals surface area contributed by atoms with Crippen LogP contribution < -0.4 is 0 Å². The molecule has 5 rings (SSSR count). The second kappa shape index (κ2) is 8.63. The van der Waals surface area contributed by atoms with Gasteiger partial charge in [0.1, 0.15) is 11.7 Å². The number of nitrogens with zero attached hydrogens (tertiary/aromatic N) is 2. The summed E-state index contributed by atoms with van der Waals surface area (Å²) in [5.41, 5.74) is 3.21. The van der Waals surface area contributed by atoms with Crippen molar-refractivity contribution < 1.29 is 27.8 Å². The zero-order valence-electron chi connectivity index (χ0n) is 20.2. The Bertz CT molecular complexity index is 1140. The van der Waals surface area contributed by atoms with Gasteiger partial charge in [-0.25, -0.2) is 0 Å². The van der Waals surface area contributed by atoms with E-state index in [4.69, 9.17) is 14.5 Å². The van der Waals surface area contributed by atoms with Crippen LogP contribution in [0.25, 0.3) is 0 Å². The molecule has 9 heteroatoms. The minimum absolute atomic E-state index is 0.0410. The molecular weight excluding hydrogens is 572 g/mol. The number of ether oxygens (including phenoxy) is 2. The lowest BCUT2D eigenvalue weighted by Gasteiger charge is -2.42. The van der Waals surface area contributed by atoms with E-state index in [2.05, 4.69) is 55.3 Å². The number of aliphatic hydroxyl groups excluding tert-OH is 1. The Labute approximate surface area is 217 Å². The highest BCUT2D eigenvalue weighted by Gasteiger charge is 2.56. The highest BCUT2D eigenvalue weighted by Crippen LogP contribution is 2.58. The summed E-state index contributed by atoms with van der Waals surface area (Å²) in [6.07, 6.45) is -3.01. The van der Waals surface area contributed by atoms with E-state index in [0.717, 1.165) is 46.8 Å². The maximum absolute atomic E-state index is 13.2. The Hall–Kier alpha value is -1.30. The van der Waals surface area contributed by atoms with Crippen LogP contribution in [0.2, 0.25) is 0 Å². The van der Waals surface area contributed by atoms with E-state index in [-0.39, 0.29) is 15.3 Å². The number of halogens is 4. The first-order chi connectivity index (χ1) is 16.3. The van der Waals surface area contributed by atoms with E-state index in [1.54, 1.807) is 0 Å². The largest absolute Gasteiger partial charge is 0.417 e. The summed E-state index contributed by atoms with van der Waals surface area (Å²) >= 11 is 2.35. The van der Waals surface area contributed by atoms with Crippen LogP contribution in [0, 0.1) is 5.41 Å². The van der Waals surface area contributed by atoms with Gasteiger partial charge in [0.2, 0.25) is 0 Å². The summed E-state index contributed by atoms with van der Waals surface area (Å²) in [4.78, 5) is 9.30. The van der Waals surface area contributed by atoms with Crippen LogP contribution in [0.4, 0.5) is 13.2 Å². The summed E-state index contributed by atoms with van der Waals surface area (Å²) < 4.78 is 52.2. The van der Waals surface area contributed by atoms with Crippen LogP contribution in [0.5, 0.6) is 0 Å².